The Labute approximate surface area is 147 Å². The predicted octanol–water partition coefficient (Wildman–Crippen LogP) is 3.32. The molecular weight excluding hydrogens is 312 g/mol. The number of imidazole rings is 1. The fourth-order valence-electron chi connectivity index (χ4n) is 3.14. The number of para-hydroxylation sites is 2. The summed E-state index contributed by atoms with van der Waals surface area (Å²) in [6, 6.07) is 17.2. The Bertz CT molecular complexity index is 857. The number of nitrogens with zero attached hydrogens (tertiary/aromatic N) is 2. The van der Waals surface area contributed by atoms with Crippen molar-refractivity contribution in [3.8, 4) is 0 Å². The summed E-state index contributed by atoms with van der Waals surface area (Å²) in [5.41, 5.74) is 9.14. The molecule has 1 heterocycles. The number of rotatable bonds is 6. The number of aromatic nitrogens is 2. The van der Waals surface area contributed by atoms with Gasteiger partial charge in [-0.1, -0.05) is 42.5 Å². The smallest absolute Gasteiger partial charge is 0.222 e. The molecule has 1 aromatic heterocycles. The van der Waals surface area contributed by atoms with E-state index in [-0.39, 0.29) is 24.4 Å². The van der Waals surface area contributed by atoms with Gasteiger partial charge in [0.2, 0.25) is 5.91 Å². The van der Waals surface area contributed by atoms with Crippen LogP contribution in [0.15, 0.2) is 54.6 Å². The van der Waals surface area contributed by atoms with Crippen LogP contribution in [0.1, 0.15) is 43.7 Å². The SMILES string of the molecule is CCn1c(C(C)NC(=O)CC(N)c2ccccc2)nc2ccccc21. The molecule has 0 aliphatic carbocycles. The number of nitrogens with one attached hydrogen (secondary N) is 1. The number of amides is 1. The molecule has 3 rings (SSSR count). The number of carbonyl (C=O) groups is 1. The van der Waals surface area contributed by atoms with Crippen LogP contribution in [0.2, 0.25) is 0 Å². The number of aryl methyl sites for hydroxylation is 1. The first kappa shape index (κ1) is 17.2. The van der Waals surface area contributed by atoms with Crippen LogP contribution in [0.5, 0.6) is 0 Å². The van der Waals surface area contributed by atoms with E-state index in [9.17, 15) is 4.79 Å². The summed E-state index contributed by atoms with van der Waals surface area (Å²) in [6.07, 6.45) is 0.251. The lowest BCUT2D eigenvalue weighted by Gasteiger charge is -2.17. The Morgan fingerprint density at radius 1 is 1.16 bits per heavy atom. The van der Waals surface area contributed by atoms with Gasteiger partial charge in [0.15, 0.2) is 0 Å². The van der Waals surface area contributed by atoms with Gasteiger partial charge < -0.3 is 15.6 Å². The third-order valence-electron chi connectivity index (χ3n) is 4.40. The Kier molecular flexibility index (Phi) is 5.14. The van der Waals surface area contributed by atoms with Gasteiger partial charge >= 0.3 is 0 Å². The van der Waals surface area contributed by atoms with Crippen LogP contribution in [0, 0.1) is 0 Å². The quantitative estimate of drug-likeness (QED) is 0.725. The second-order valence-corrected chi connectivity index (χ2v) is 6.21. The van der Waals surface area contributed by atoms with Crippen LogP contribution < -0.4 is 11.1 Å². The van der Waals surface area contributed by atoms with Crippen molar-refractivity contribution in [2.45, 2.75) is 38.9 Å². The van der Waals surface area contributed by atoms with Crippen molar-refractivity contribution >= 4 is 16.9 Å². The molecule has 25 heavy (non-hydrogen) atoms. The van der Waals surface area contributed by atoms with Gasteiger partial charge in [0.05, 0.1) is 17.1 Å². The van der Waals surface area contributed by atoms with Crippen molar-refractivity contribution in [3.05, 3.63) is 66.0 Å². The summed E-state index contributed by atoms with van der Waals surface area (Å²) in [6.45, 7) is 4.84. The fraction of sp³-hybridized carbons (Fsp3) is 0.300. The van der Waals surface area contributed by atoms with E-state index in [2.05, 4.69) is 22.9 Å². The van der Waals surface area contributed by atoms with E-state index < -0.39 is 0 Å². The Morgan fingerprint density at radius 3 is 2.56 bits per heavy atom. The van der Waals surface area contributed by atoms with Crippen LogP contribution in [0.3, 0.4) is 0 Å². The highest BCUT2D eigenvalue weighted by Gasteiger charge is 2.19. The molecule has 0 fully saturated rings. The van der Waals surface area contributed by atoms with E-state index in [0.717, 1.165) is 29.0 Å². The number of fused-ring (bicyclic) bond motifs is 1. The molecule has 0 radical (unpaired) electrons. The number of hydrogen-bond acceptors (Lipinski definition) is 3. The van der Waals surface area contributed by atoms with E-state index in [1.807, 2.05) is 55.5 Å². The van der Waals surface area contributed by atoms with E-state index in [4.69, 9.17) is 10.7 Å². The minimum atomic E-state index is -0.307. The van der Waals surface area contributed by atoms with Gasteiger partial charge in [-0.15, -0.1) is 0 Å². The number of nitrogens with two attached hydrogens (primary N) is 1. The molecule has 0 aliphatic rings. The average molecular weight is 336 g/mol. The zero-order valence-corrected chi connectivity index (χ0v) is 14.6. The second-order valence-electron chi connectivity index (χ2n) is 6.21. The Balaban J connectivity index is 1.71. The zero-order valence-electron chi connectivity index (χ0n) is 14.6. The largest absolute Gasteiger partial charge is 0.346 e. The molecule has 3 aromatic rings. The second kappa shape index (κ2) is 7.49. The lowest BCUT2D eigenvalue weighted by molar-refractivity contribution is -0.122. The first-order valence-electron chi connectivity index (χ1n) is 8.65. The molecule has 2 aromatic carbocycles. The molecule has 0 aliphatic heterocycles. The maximum Gasteiger partial charge on any atom is 0.222 e. The molecule has 0 saturated heterocycles. The van der Waals surface area contributed by atoms with Crippen LogP contribution >= 0.6 is 0 Å². The minimum absolute atomic E-state index is 0.0708. The molecule has 0 spiro atoms. The summed E-state index contributed by atoms with van der Waals surface area (Å²) in [5.74, 6) is 0.795. The normalized spacial score (nSPS) is 13.6. The van der Waals surface area contributed by atoms with Crippen LogP contribution in [-0.4, -0.2) is 15.5 Å². The molecule has 5 heteroatoms. The lowest BCUT2D eigenvalue weighted by Crippen LogP contribution is -2.31. The molecule has 2 unspecified atom stereocenters. The predicted molar refractivity (Wildman–Crippen MR) is 100.0 cm³/mol. The molecule has 5 nitrogen and oxygen atoms in total. The Morgan fingerprint density at radius 2 is 1.84 bits per heavy atom. The highest BCUT2D eigenvalue weighted by Crippen LogP contribution is 2.21. The summed E-state index contributed by atoms with van der Waals surface area (Å²) >= 11 is 0. The van der Waals surface area contributed by atoms with Crippen molar-refractivity contribution in [2.24, 2.45) is 5.73 Å². The highest BCUT2D eigenvalue weighted by molar-refractivity contribution is 5.78. The lowest BCUT2D eigenvalue weighted by atomic mass is 10.0. The van der Waals surface area contributed by atoms with E-state index >= 15 is 0 Å². The van der Waals surface area contributed by atoms with Gasteiger partial charge in [-0.25, -0.2) is 4.98 Å². The minimum Gasteiger partial charge on any atom is -0.346 e. The van der Waals surface area contributed by atoms with Gasteiger partial charge in [-0.2, -0.15) is 0 Å². The summed E-state index contributed by atoms with van der Waals surface area (Å²) in [4.78, 5) is 17.1. The molecule has 2 atom stereocenters. The summed E-state index contributed by atoms with van der Waals surface area (Å²) in [5, 5.41) is 3.03. The zero-order chi connectivity index (χ0) is 17.8. The van der Waals surface area contributed by atoms with Crippen molar-refractivity contribution in [2.75, 3.05) is 0 Å². The van der Waals surface area contributed by atoms with E-state index in [0.29, 0.717) is 0 Å². The number of benzene rings is 2. The van der Waals surface area contributed by atoms with Gasteiger partial charge in [0.25, 0.3) is 0 Å². The Hall–Kier alpha value is -2.66. The summed E-state index contributed by atoms with van der Waals surface area (Å²) < 4.78 is 2.14. The molecule has 0 saturated carbocycles. The van der Waals surface area contributed by atoms with Crippen LogP contribution in [-0.2, 0) is 11.3 Å². The van der Waals surface area contributed by atoms with E-state index in [1.165, 1.54) is 0 Å². The summed E-state index contributed by atoms with van der Waals surface area (Å²) in [7, 11) is 0. The molecule has 1 amide bonds. The van der Waals surface area contributed by atoms with E-state index in [1.54, 1.807) is 0 Å². The van der Waals surface area contributed by atoms with Crippen LogP contribution in [0.4, 0.5) is 0 Å². The van der Waals surface area contributed by atoms with Gasteiger partial charge in [0.1, 0.15) is 5.82 Å². The third-order valence-corrected chi connectivity index (χ3v) is 4.40. The van der Waals surface area contributed by atoms with Crippen molar-refractivity contribution in [3.63, 3.8) is 0 Å². The maximum atomic E-state index is 12.4. The first-order chi connectivity index (χ1) is 12.1. The van der Waals surface area contributed by atoms with Crippen molar-refractivity contribution < 1.29 is 4.79 Å². The van der Waals surface area contributed by atoms with Crippen LogP contribution in [0.25, 0.3) is 11.0 Å². The van der Waals surface area contributed by atoms with Crippen molar-refractivity contribution in [1.82, 2.24) is 14.9 Å². The van der Waals surface area contributed by atoms with Crippen molar-refractivity contribution in [1.29, 1.82) is 0 Å². The van der Waals surface area contributed by atoms with Gasteiger partial charge in [-0.3, -0.25) is 4.79 Å². The maximum absolute atomic E-state index is 12.4. The first-order valence-corrected chi connectivity index (χ1v) is 8.65. The fourth-order valence-corrected chi connectivity index (χ4v) is 3.14. The third kappa shape index (κ3) is 3.72. The molecule has 3 N–H and O–H groups in total. The van der Waals surface area contributed by atoms with Gasteiger partial charge in [0, 0.05) is 19.0 Å². The number of carbonyl (C=O) groups excluding carboxylic acids is 1. The number of hydrogen-bond donors (Lipinski definition) is 2. The highest BCUT2D eigenvalue weighted by atomic mass is 16.1. The van der Waals surface area contributed by atoms with Gasteiger partial charge in [-0.05, 0) is 31.5 Å². The molecule has 130 valence electrons. The average Bonchev–Trinajstić information content (AvgIpc) is 3.01. The molecule has 0 bridgehead atoms. The monoisotopic (exact) mass is 336 g/mol. The molecular formula is C20H24N4O. The standard InChI is InChI=1S/C20H24N4O/c1-3-24-18-12-8-7-11-17(18)23-20(24)14(2)22-19(25)13-16(21)15-9-5-4-6-10-15/h4-12,14,16H,3,13,21H2,1-2H3,(H,22,25). The topological polar surface area (TPSA) is 72.9 Å².